The van der Waals surface area contributed by atoms with Gasteiger partial charge in [-0.1, -0.05) is 30.0 Å². The minimum Gasteiger partial charge on any atom is -0.334 e. The normalized spacial score (nSPS) is 11.1. The lowest BCUT2D eigenvalue weighted by Crippen LogP contribution is -2.27. The second-order valence-corrected chi connectivity index (χ2v) is 7.53. The molecule has 0 aliphatic heterocycles. The molecule has 0 aliphatic rings. The van der Waals surface area contributed by atoms with Crippen molar-refractivity contribution in [3.8, 4) is 5.69 Å². The molecular formula is C22H23N5OS. The van der Waals surface area contributed by atoms with E-state index in [9.17, 15) is 4.79 Å². The van der Waals surface area contributed by atoms with Gasteiger partial charge in [0, 0.05) is 37.2 Å². The van der Waals surface area contributed by atoms with Crippen LogP contribution in [0.15, 0.2) is 66.1 Å². The summed E-state index contributed by atoms with van der Waals surface area (Å²) < 4.78 is 4.14. The Morgan fingerprint density at radius 2 is 2.00 bits per heavy atom. The van der Waals surface area contributed by atoms with Crippen molar-refractivity contribution < 1.29 is 4.79 Å². The summed E-state index contributed by atoms with van der Waals surface area (Å²) >= 11 is 1.57. The van der Waals surface area contributed by atoms with Crippen molar-refractivity contribution in [3.05, 3.63) is 72.3 Å². The number of nitrogens with zero attached hydrogens (tertiary/aromatic N) is 5. The van der Waals surface area contributed by atoms with E-state index in [-0.39, 0.29) is 5.91 Å². The molecule has 4 aromatic rings. The summed E-state index contributed by atoms with van der Waals surface area (Å²) in [5.41, 5.74) is 3.62. The number of imidazole rings is 2. The van der Waals surface area contributed by atoms with E-state index in [1.165, 1.54) is 0 Å². The van der Waals surface area contributed by atoms with Crippen LogP contribution in [0.2, 0.25) is 0 Å². The summed E-state index contributed by atoms with van der Waals surface area (Å²) in [6.07, 6.45) is 5.66. The molecular weight excluding hydrogens is 382 g/mol. The number of hydrogen-bond donors (Lipinski definition) is 0. The van der Waals surface area contributed by atoms with Crippen molar-refractivity contribution in [2.75, 3.05) is 13.3 Å². The quantitative estimate of drug-likeness (QED) is 0.450. The van der Waals surface area contributed by atoms with Crippen LogP contribution < -0.4 is 0 Å². The molecule has 1 amide bonds. The zero-order valence-electron chi connectivity index (χ0n) is 16.7. The van der Waals surface area contributed by atoms with Crippen molar-refractivity contribution in [2.45, 2.75) is 25.2 Å². The second-order valence-electron chi connectivity index (χ2n) is 6.76. The first-order valence-electron chi connectivity index (χ1n) is 9.49. The first kappa shape index (κ1) is 19.3. The average molecular weight is 406 g/mol. The highest BCUT2D eigenvalue weighted by Crippen LogP contribution is 2.21. The fourth-order valence-electron chi connectivity index (χ4n) is 3.53. The maximum absolute atomic E-state index is 13.1. The molecule has 29 heavy (non-hydrogen) atoms. The van der Waals surface area contributed by atoms with E-state index in [0.717, 1.165) is 34.2 Å². The fourth-order valence-corrected chi connectivity index (χ4v) is 4.06. The first-order valence-corrected chi connectivity index (χ1v) is 10.7. The molecule has 0 fully saturated rings. The molecule has 4 rings (SSSR count). The maximum Gasteiger partial charge on any atom is 0.254 e. The van der Waals surface area contributed by atoms with Gasteiger partial charge in [0.05, 0.1) is 17.6 Å². The minimum absolute atomic E-state index is 0.0348. The zero-order chi connectivity index (χ0) is 20.4. The number of aryl methyl sites for hydroxylation is 1. The number of amides is 1. The third kappa shape index (κ3) is 3.65. The number of fused-ring (bicyclic) bond motifs is 1. The van der Waals surface area contributed by atoms with Crippen molar-refractivity contribution >= 4 is 28.7 Å². The highest BCUT2D eigenvalue weighted by molar-refractivity contribution is 7.98. The monoisotopic (exact) mass is 405 g/mol. The van der Waals surface area contributed by atoms with E-state index in [2.05, 4.69) is 22.5 Å². The van der Waals surface area contributed by atoms with Gasteiger partial charge in [-0.05, 0) is 43.5 Å². The van der Waals surface area contributed by atoms with E-state index < -0.39 is 0 Å². The van der Waals surface area contributed by atoms with E-state index in [1.54, 1.807) is 22.9 Å². The van der Waals surface area contributed by atoms with Crippen LogP contribution in [0.5, 0.6) is 0 Å². The van der Waals surface area contributed by atoms with Crippen molar-refractivity contribution in [2.24, 2.45) is 0 Å². The lowest BCUT2D eigenvalue weighted by Gasteiger charge is -2.18. The molecule has 0 radical (unpaired) electrons. The molecule has 148 valence electrons. The third-order valence-corrected chi connectivity index (χ3v) is 5.60. The molecule has 0 spiro atoms. The molecule has 0 N–H and O–H groups in total. The standard InChI is InChI=1S/C22H23N5OS/c1-4-26-19-11-6-5-10-18(19)24-20(26)15-25(2)21(28)16-8-7-9-17(14-16)27-13-12-23-22(27)29-3/h5-14H,4,15H2,1-3H3. The average Bonchev–Trinajstić information content (AvgIpc) is 3.37. The maximum atomic E-state index is 13.1. The Balaban J connectivity index is 1.60. The van der Waals surface area contributed by atoms with Gasteiger partial charge in [0.1, 0.15) is 5.82 Å². The third-order valence-electron chi connectivity index (χ3n) is 4.94. The number of hydrogen-bond acceptors (Lipinski definition) is 4. The summed E-state index contributed by atoms with van der Waals surface area (Å²) in [7, 11) is 1.82. The summed E-state index contributed by atoms with van der Waals surface area (Å²) in [6, 6.07) is 15.7. The summed E-state index contributed by atoms with van der Waals surface area (Å²) in [5.74, 6) is 0.854. The molecule has 0 saturated heterocycles. The van der Waals surface area contributed by atoms with E-state index in [4.69, 9.17) is 4.98 Å². The molecule has 2 aromatic carbocycles. The fraction of sp³-hybridized carbons (Fsp3) is 0.227. The Kier molecular flexibility index (Phi) is 5.40. The van der Waals surface area contributed by atoms with Gasteiger partial charge in [-0.25, -0.2) is 9.97 Å². The van der Waals surface area contributed by atoms with Gasteiger partial charge >= 0.3 is 0 Å². The van der Waals surface area contributed by atoms with Gasteiger partial charge in [0.15, 0.2) is 5.16 Å². The zero-order valence-corrected chi connectivity index (χ0v) is 17.6. The Bertz CT molecular complexity index is 1160. The van der Waals surface area contributed by atoms with Crippen LogP contribution in [-0.4, -0.2) is 43.2 Å². The van der Waals surface area contributed by atoms with E-state index in [1.807, 2.05) is 66.5 Å². The van der Waals surface area contributed by atoms with E-state index in [0.29, 0.717) is 12.1 Å². The van der Waals surface area contributed by atoms with Gasteiger partial charge in [0.25, 0.3) is 5.91 Å². The van der Waals surface area contributed by atoms with Crippen LogP contribution in [-0.2, 0) is 13.1 Å². The smallest absolute Gasteiger partial charge is 0.254 e. The van der Waals surface area contributed by atoms with Gasteiger partial charge in [-0.3, -0.25) is 9.36 Å². The molecule has 2 heterocycles. The van der Waals surface area contributed by atoms with E-state index >= 15 is 0 Å². The molecule has 7 heteroatoms. The predicted octanol–water partition coefficient (Wildman–Crippen LogP) is 4.24. The molecule has 0 saturated carbocycles. The molecule has 6 nitrogen and oxygen atoms in total. The lowest BCUT2D eigenvalue weighted by molar-refractivity contribution is 0.0780. The van der Waals surface area contributed by atoms with Gasteiger partial charge in [-0.15, -0.1) is 0 Å². The number of carbonyl (C=O) groups excluding carboxylic acids is 1. The number of carbonyl (C=O) groups is 1. The van der Waals surface area contributed by atoms with Crippen LogP contribution in [0, 0.1) is 0 Å². The second kappa shape index (κ2) is 8.13. The number of benzene rings is 2. The Morgan fingerprint density at radius 1 is 1.17 bits per heavy atom. The van der Waals surface area contributed by atoms with Gasteiger partial charge in [0.2, 0.25) is 0 Å². The largest absolute Gasteiger partial charge is 0.334 e. The number of para-hydroxylation sites is 2. The molecule has 2 aromatic heterocycles. The van der Waals surface area contributed by atoms with Crippen molar-refractivity contribution in [1.29, 1.82) is 0 Å². The van der Waals surface area contributed by atoms with Gasteiger partial charge < -0.3 is 9.47 Å². The predicted molar refractivity (Wildman–Crippen MR) is 117 cm³/mol. The summed E-state index contributed by atoms with van der Waals surface area (Å²) in [4.78, 5) is 23.9. The Labute approximate surface area is 174 Å². The minimum atomic E-state index is -0.0348. The summed E-state index contributed by atoms with van der Waals surface area (Å²) in [5, 5.41) is 0.889. The molecule has 0 bridgehead atoms. The lowest BCUT2D eigenvalue weighted by atomic mass is 10.1. The SMILES string of the molecule is CCn1c(CN(C)C(=O)c2cccc(-n3ccnc3SC)c2)nc2ccccc21. The van der Waals surface area contributed by atoms with Crippen molar-refractivity contribution in [3.63, 3.8) is 0 Å². The summed E-state index contributed by atoms with van der Waals surface area (Å²) in [6.45, 7) is 3.36. The Hall–Kier alpha value is -3.06. The molecule has 0 unspecified atom stereocenters. The number of rotatable bonds is 6. The van der Waals surface area contributed by atoms with Gasteiger partial charge in [-0.2, -0.15) is 0 Å². The topological polar surface area (TPSA) is 56.0 Å². The van der Waals surface area contributed by atoms with Crippen LogP contribution >= 0.6 is 11.8 Å². The van der Waals surface area contributed by atoms with Crippen LogP contribution in [0.1, 0.15) is 23.1 Å². The number of thioether (sulfide) groups is 1. The van der Waals surface area contributed by atoms with Crippen LogP contribution in [0.4, 0.5) is 0 Å². The molecule has 0 atom stereocenters. The Morgan fingerprint density at radius 3 is 2.79 bits per heavy atom. The van der Waals surface area contributed by atoms with Crippen LogP contribution in [0.25, 0.3) is 16.7 Å². The highest BCUT2D eigenvalue weighted by Gasteiger charge is 2.17. The highest BCUT2D eigenvalue weighted by atomic mass is 32.2. The van der Waals surface area contributed by atoms with Crippen LogP contribution in [0.3, 0.4) is 0 Å². The van der Waals surface area contributed by atoms with Crippen molar-refractivity contribution in [1.82, 2.24) is 24.0 Å². The number of aromatic nitrogens is 4. The molecule has 0 aliphatic carbocycles. The first-order chi connectivity index (χ1) is 14.1.